The molecule has 0 aliphatic carbocycles. The van der Waals surface area contributed by atoms with Gasteiger partial charge in [0.15, 0.2) is 23.3 Å². The summed E-state index contributed by atoms with van der Waals surface area (Å²) in [6.07, 6.45) is 0.278. The molecular formula is C14H10F5NO. The Kier molecular flexibility index (Phi) is 4.30. The third-order valence-electron chi connectivity index (χ3n) is 2.86. The third-order valence-corrected chi connectivity index (χ3v) is 2.86. The normalized spacial score (nSPS) is 10.7. The van der Waals surface area contributed by atoms with E-state index in [1.54, 1.807) is 12.1 Å². The predicted octanol–water partition coefficient (Wildman–Crippen LogP) is 3.74. The van der Waals surface area contributed by atoms with Gasteiger partial charge in [0.1, 0.15) is 11.4 Å². The van der Waals surface area contributed by atoms with E-state index < -0.39 is 34.8 Å². The molecule has 112 valence electrons. The van der Waals surface area contributed by atoms with Crippen molar-refractivity contribution in [3.05, 3.63) is 58.9 Å². The van der Waals surface area contributed by atoms with Crippen molar-refractivity contribution in [2.24, 2.45) is 0 Å². The molecule has 0 atom stereocenters. The van der Waals surface area contributed by atoms with Gasteiger partial charge in [-0.15, -0.1) is 0 Å². The lowest BCUT2D eigenvalue weighted by Gasteiger charge is -2.10. The first-order valence-corrected chi connectivity index (χ1v) is 5.95. The highest BCUT2D eigenvalue weighted by Crippen LogP contribution is 2.27. The van der Waals surface area contributed by atoms with E-state index in [0.717, 1.165) is 5.56 Å². The van der Waals surface area contributed by atoms with Crippen LogP contribution >= 0.6 is 0 Å². The summed E-state index contributed by atoms with van der Waals surface area (Å²) < 4.78 is 65.5. The zero-order valence-electron chi connectivity index (χ0n) is 10.6. The molecule has 21 heavy (non-hydrogen) atoms. The molecule has 0 bridgehead atoms. The van der Waals surface area contributed by atoms with Crippen LogP contribution in [0.2, 0.25) is 0 Å². The summed E-state index contributed by atoms with van der Waals surface area (Å²) in [5, 5.41) is 11.3. The maximum Gasteiger partial charge on any atom is 0.200 e. The average Bonchev–Trinajstić information content (AvgIpc) is 2.48. The Balaban J connectivity index is 2.12. The summed E-state index contributed by atoms with van der Waals surface area (Å²) in [6.45, 7) is -0.0386. The number of rotatable bonds is 4. The van der Waals surface area contributed by atoms with Gasteiger partial charge in [-0.25, -0.2) is 22.0 Å². The molecule has 2 aromatic rings. The molecule has 0 aromatic heterocycles. The number of hydrogen-bond donors (Lipinski definition) is 2. The van der Waals surface area contributed by atoms with E-state index in [9.17, 15) is 22.0 Å². The second kappa shape index (κ2) is 5.99. The Morgan fingerprint density at radius 3 is 1.76 bits per heavy atom. The van der Waals surface area contributed by atoms with Gasteiger partial charge in [0.2, 0.25) is 5.82 Å². The number of aromatic hydroxyl groups is 1. The van der Waals surface area contributed by atoms with Crippen molar-refractivity contribution in [2.75, 3.05) is 11.9 Å². The molecule has 0 saturated carbocycles. The number of halogens is 5. The van der Waals surface area contributed by atoms with Crippen molar-refractivity contribution in [1.82, 2.24) is 0 Å². The molecular weight excluding hydrogens is 293 g/mol. The van der Waals surface area contributed by atoms with E-state index in [1.807, 2.05) is 0 Å². The third kappa shape index (κ3) is 3.07. The second-order valence-electron chi connectivity index (χ2n) is 4.29. The smallest absolute Gasteiger partial charge is 0.200 e. The van der Waals surface area contributed by atoms with E-state index in [1.165, 1.54) is 12.1 Å². The van der Waals surface area contributed by atoms with Crippen LogP contribution in [0.3, 0.4) is 0 Å². The SMILES string of the molecule is Oc1ccc(CCNc2c(F)c(F)c(F)c(F)c2F)cc1. The molecule has 0 spiro atoms. The molecule has 2 N–H and O–H groups in total. The largest absolute Gasteiger partial charge is 0.508 e. The number of anilines is 1. The van der Waals surface area contributed by atoms with Gasteiger partial charge in [-0.2, -0.15) is 0 Å². The Labute approximate surface area is 116 Å². The Morgan fingerprint density at radius 2 is 1.24 bits per heavy atom. The van der Waals surface area contributed by atoms with Gasteiger partial charge >= 0.3 is 0 Å². The summed E-state index contributed by atoms with van der Waals surface area (Å²) in [7, 11) is 0. The van der Waals surface area contributed by atoms with Crippen LogP contribution in [0.1, 0.15) is 5.56 Å². The quantitative estimate of drug-likeness (QED) is 0.512. The van der Waals surface area contributed by atoms with Crippen LogP contribution in [0.15, 0.2) is 24.3 Å². The van der Waals surface area contributed by atoms with Crippen LogP contribution < -0.4 is 5.32 Å². The average molecular weight is 303 g/mol. The lowest BCUT2D eigenvalue weighted by molar-refractivity contribution is 0.381. The highest BCUT2D eigenvalue weighted by Gasteiger charge is 2.25. The molecule has 0 unspecified atom stereocenters. The highest BCUT2D eigenvalue weighted by molar-refractivity contribution is 5.47. The van der Waals surface area contributed by atoms with Crippen molar-refractivity contribution in [3.8, 4) is 5.75 Å². The fraction of sp³-hybridized carbons (Fsp3) is 0.143. The molecule has 0 fully saturated rings. The van der Waals surface area contributed by atoms with Gasteiger partial charge in [0.05, 0.1) is 0 Å². The number of phenolic OH excluding ortho intramolecular Hbond substituents is 1. The first-order valence-electron chi connectivity index (χ1n) is 5.95. The van der Waals surface area contributed by atoms with Crippen molar-refractivity contribution in [2.45, 2.75) is 6.42 Å². The van der Waals surface area contributed by atoms with Crippen LogP contribution in [-0.4, -0.2) is 11.7 Å². The minimum atomic E-state index is -2.19. The van der Waals surface area contributed by atoms with E-state index in [2.05, 4.69) is 5.32 Å². The zero-order valence-corrected chi connectivity index (χ0v) is 10.6. The van der Waals surface area contributed by atoms with Gasteiger partial charge in [-0.1, -0.05) is 12.1 Å². The van der Waals surface area contributed by atoms with E-state index in [-0.39, 0.29) is 18.7 Å². The minimum Gasteiger partial charge on any atom is -0.508 e. The standard InChI is InChI=1S/C14H10F5NO/c15-9-10(16)12(18)14(13(19)11(9)17)20-6-5-7-1-3-8(21)4-2-7/h1-4,20-21H,5-6H2. The highest BCUT2D eigenvalue weighted by atomic mass is 19.2. The van der Waals surface area contributed by atoms with Crippen LogP contribution in [0.25, 0.3) is 0 Å². The molecule has 2 nitrogen and oxygen atoms in total. The van der Waals surface area contributed by atoms with Crippen LogP contribution in [0, 0.1) is 29.1 Å². The number of nitrogens with one attached hydrogen (secondary N) is 1. The molecule has 2 aromatic carbocycles. The first-order chi connectivity index (χ1) is 9.91. The fourth-order valence-corrected chi connectivity index (χ4v) is 1.75. The minimum absolute atomic E-state index is 0.0386. The maximum atomic E-state index is 13.4. The fourth-order valence-electron chi connectivity index (χ4n) is 1.75. The van der Waals surface area contributed by atoms with Crippen molar-refractivity contribution in [3.63, 3.8) is 0 Å². The summed E-state index contributed by atoms with van der Waals surface area (Å²) >= 11 is 0. The lowest BCUT2D eigenvalue weighted by Crippen LogP contribution is -2.12. The molecule has 0 aliphatic rings. The molecule has 0 aliphatic heterocycles. The second-order valence-corrected chi connectivity index (χ2v) is 4.29. The Bertz CT molecular complexity index is 628. The molecule has 7 heteroatoms. The summed E-state index contributed by atoms with van der Waals surface area (Å²) in [5.41, 5.74) is -0.325. The van der Waals surface area contributed by atoms with E-state index >= 15 is 0 Å². The van der Waals surface area contributed by atoms with Gasteiger partial charge in [-0.05, 0) is 24.1 Å². The molecule has 0 saturated heterocycles. The van der Waals surface area contributed by atoms with Crippen LogP contribution in [0.5, 0.6) is 5.75 Å². The summed E-state index contributed by atoms with van der Waals surface area (Å²) in [5.74, 6) is -9.88. The number of benzene rings is 2. The summed E-state index contributed by atoms with van der Waals surface area (Å²) in [4.78, 5) is 0. The topological polar surface area (TPSA) is 32.3 Å². The molecule has 0 amide bonds. The van der Waals surface area contributed by atoms with Crippen molar-refractivity contribution in [1.29, 1.82) is 0 Å². The van der Waals surface area contributed by atoms with Gasteiger partial charge in [0, 0.05) is 6.54 Å². The van der Waals surface area contributed by atoms with Crippen LogP contribution in [-0.2, 0) is 6.42 Å². The van der Waals surface area contributed by atoms with Crippen molar-refractivity contribution < 1.29 is 27.1 Å². The number of phenols is 1. The zero-order chi connectivity index (χ0) is 15.6. The van der Waals surface area contributed by atoms with Gasteiger partial charge < -0.3 is 10.4 Å². The van der Waals surface area contributed by atoms with Crippen molar-refractivity contribution >= 4 is 5.69 Å². The predicted molar refractivity (Wildman–Crippen MR) is 66.5 cm³/mol. The molecule has 0 heterocycles. The number of hydrogen-bond acceptors (Lipinski definition) is 2. The van der Waals surface area contributed by atoms with E-state index in [4.69, 9.17) is 5.11 Å². The Hall–Kier alpha value is -2.31. The molecule has 0 radical (unpaired) electrons. The molecule has 2 rings (SSSR count). The van der Waals surface area contributed by atoms with E-state index in [0.29, 0.717) is 0 Å². The van der Waals surface area contributed by atoms with Gasteiger partial charge in [0.25, 0.3) is 0 Å². The Morgan fingerprint density at radius 1 is 0.762 bits per heavy atom. The maximum absolute atomic E-state index is 13.4. The monoisotopic (exact) mass is 303 g/mol. The first kappa shape index (κ1) is 15.1. The van der Waals surface area contributed by atoms with Gasteiger partial charge in [-0.3, -0.25) is 0 Å². The summed E-state index contributed by atoms with van der Waals surface area (Å²) in [6, 6.07) is 6.01. The lowest BCUT2D eigenvalue weighted by atomic mass is 10.1. The van der Waals surface area contributed by atoms with Crippen LogP contribution in [0.4, 0.5) is 27.6 Å².